The maximum atomic E-state index is 12.6. The van der Waals surface area contributed by atoms with E-state index in [9.17, 15) is 9.59 Å². The fourth-order valence-electron chi connectivity index (χ4n) is 2.71. The van der Waals surface area contributed by atoms with Crippen LogP contribution in [0, 0.1) is 0 Å². The maximum absolute atomic E-state index is 12.6. The lowest BCUT2D eigenvalue weighted by molar-refractivity contribution is -0.137. The van der Waals surface area contributed by atoms with Gasteiger partial charge < -0.3 is 19.9 Å². The summed E-state index contributed by atoms with van der Waals surface area (Å²) in [6, 6.07) is 14.3. The van der Waals surface area contributed by atoms with Crippen LogP contribution in [-0.2, 0) is 16.0 Å². The molecule has 0 heterocycles. The topological polar surface area (TPSA) is 84.9 Å². The van der Waals surface area contributed by atoms with E-state index in [1.165, 1.54) is 0 Å². The third kappa shape index (κ3) is 5.51. The van der Waals surface area contributed by atoms with Crippen molar-refractivity contribution in [2.24, 2.45) is 0 Å². The largest absolute Gasteiger partial charge is 0.497 e. The standard InChI is InChI=1S/C20H23NO5/c1-25-16-8-10-18(26-2)15(12-16)13-19(22)21-17(9-11-20(23)24)14-6-4-3-5-7-14/h3-8,10,12,17H,9,11,13H2,1-2H3,(H,21,22)(H,23,24). The van der Waals surface area contributed by atoms with E-state index in [2.05, 4.69) is 5.32 Å². The Morgan fingerprint density at radius 2 is 1.81 bits per heavy atom. The predicted molar refractivity (Wildman–Crippen MR) is 97.4 cm³/mol. The molecule has 2 aromatic carbocycles. The summed E-state index contributed by atoms with van der Waals surface area (Å²) >= 11 is 0. The van der Waals surface area contributed by atoms with Gasteiger partial charge in [-0.1, -0.05) is 30.3 Å². The average molecular weight is 357 g/mol. The second-order valence-electron chi connectivity index (χ2n) is 5.82. The summed E-state index contributed by atoms with van der Waals surface area (Å²) in [5, 5.41) is 11.9. The van der Waals surface area contributed by atoms with E-state index < -0.39 is 5.97 Å². The Labute approximate surface area is 152 Å². The Morgan fingerprint density at radius 1 is 1.08 bits per heavy atom. The number of aliphatic carboxylic acids is 1. The van der Waals surface area contributed by atoms with Crippen molar-refractivity contribution < 1.29 is 24.2 Å². The Morgan fingerprint density at radius 3 is 2.42 bits per heavy atom. The fraction of sp³-hybridized carbons (Fsp3) is 0.300. The molecule has 6 heteroatoms. The minimum Gasteiger partial charge on any atom is -0.497 e. The zero-order chi connectivity index (χ0) is 18.9. The molecule has 0 aliphatic heterocycles. The number of nitrogens with one attached hydrogen (secondary N) is 1. The molecule has 0 aliphatic rings. The summed E-state index contributed by atoms with van der Waals surface area (Å²) < 4.78 is 10.5. The van der Waals surface area contributed by atoms with Crippen molar-refractivity contribution in [3.8, 4) is 11.5 Å². The highest BCUT2D eigenvalue weighted by Crippen LogP contribution is 2.25. The minimum absolute atomic E-state index is 0.0255. The van der Waals surface area contributed by atoms with Crippen molar-refractivity contribution in [1.29, 1.82) is 0 Å². The number of hydrogen-bond acceptors (Lipinski definition) is 4. The smallest absolute Gasteiger partial charge is 0.303 e. The molecule has 0 spiro atoms. The molecule has 0 saturated carbocycles. The van der Waals surface area contributed by atoms with Crippen LogP contribution in [0.15, 0.2) is 48.5 Å². The van der Waals surface area contributed by atoms with Gasteiger partial charge in [-0.15, -0.1) is 0 Å². The van der Waals surface area contributed by atoms with Crippen LogP contribution >= 0.6 is 0 Å². The molecule has 26 heavy (non-hydrogen) atoms. The first-order valence-corrected chi connectivity index (χ1v) is 8.30. The number of methoxy groups -OCH3 is 2. The van der Waals surface area contributed by atoms with Gasteiger partial charge in [0.25, 0.3) is 0 Å². The van der Waals surface area contributed by atoms with Crippen LogP contribution in [0.2, 0.25) is 0 Å². The summed E-state index contributed by atoms with van der Waals surface area (Å²) in [6.45, 7) is 0. The van der Waals surface area contributed by atoms with E-state index in [1.54, 1.807) is 32.4 Å². The van der Waals surface area contributed by atoms with Crippen LogP contribution in [0.25, 0.3) is 0 Å². The van der Waals surface area contributed by atoms with Crippen LogP contribution in [0.4, 0.5) is 0 Å². The predicted octanol–water partition coefficient (Wildman–Crippen LogP) is 2.97. The van der Waals surface area contributed by atoms with Crippen LogP contribution in [-0.4, -0.2) is 31.2 Å². The van der Waals surface area contributed by atoms with Crippen molar-refractivity contribution in [2.45, 2.75) is 25.3 Å². The second-order valence-corrected chi connectivity index (χ2v) is 5.82. The van der Waals surface area contributed by atoms with Crippen molar-refractivity contribution in [3.05, 3.63) is 59.7 Å². The summed E-state index contributed by atoms with van der Waals surface area (Å²) in [4.78, 5) is 23.5. The molecular weight excluding hydrogens is 334 g/mol. The first-order valence-electron chi connectivity index (χ1n) is 8.30. The van der Waals surface area contributed by atoms with Gasteiger partial charge in [-0.05, 0) is 30.2 Å². The van der Waals surface area contributed by atoms with E-state index in [-0.39, 0.29) is 24.8 Å². The highest BCUT2D eigenvalue weighted by Gasteiger charge is 2.17. The van der Waals surface area contributed by atoms with Gasteiger partial charge in [0.15, 0.2) is 0 Å². The average Bonchev–Trinajstić information content (AvgIpc) is 2.65. The number of carbonyl (C=O) groups is 2. The van der Waals surface area contributed by atoms with Gasteiger partial charge in [0.05, 0.1) is 26.7 Å². The number of carboxylic acids is 1. The number of amides is 1. The van der Waals surface area contributed by atoms with Gasteiger partial charge >= 0.3 is 5.97 Å². The molecule has 1 unspecified atom stereocenters. The van der Waals surface area contributed by atoms with Gasteiger partial charge in [0, 0.05) is 12.0 Å². The SMILES string of the molecule is COc1ccc(OC)c(CC(=O)NC(CCC(=O)O)c2ccccc2)c1. The molecule has 2 rings (SSSR count). The minimum atomic E-state index is -0.894. The zero-order valence-corrected chi connectivity index (χ0v) is 14.9. The number of carbonyl (C=O) groups excluding carboxylic acids is 1. The highest BCUT2D eigenvalue weighted by molar-refractivity contribution is 5.80. The van der Waals surface area contributed by atoms with Crippen molar-refractivity contribution in [2.75, 3.05) is 14.2 Å². The fourth-order valence-corrected chi connectivity index (χ4v) is 2.71. The number of rotatable bonds is 9. The van der Waals surface area contributed by atoms with Crippen LogP contribution in [0.1, 0.15) is 30.0 Å². The van der Waals surface area contributed by atoms with Gasteiger partial charge in [0.1, 0.15) is 11.5 Å². The molecule has 6 nitrogen and oxygen atoms in total. The Kier molecular flexibility index (Phi) is 7.02. The second kappa shape index (κ2) is 9.46. The van der Waals surface area contributed by atoms with Gasteiger partial charge in [-0.3, -0.25) is 9.59 Å². The van der Waals surface area contributed by atoms with E-state index in [0.717, 1.165) is 5.56 Å². The van der Waals surface area contributed by atoms with Crippen molar-refractivity contribution >= 4 is 11.9 Å². The summed E-state index contributed by atoms with van der Waals surface area (Å²) in [5.41, 5.74) is 1.58. The highest BCUT2D eigenvalue weighted by atomic mass is 16.5. The summed E-state index contributed by atoms with van der Waals surface area (Å²) in [6.07, 6.45) is 0.402. The quantitative estimate of drug-likeness (QED) is 0.721. The summed E-state index contributed by atoms with van der Waals surface area (Å²) in [7, 11) is 3.10. The molecule has 2 N–H and O–H groups in total. The van der Waals surface area contributed by atoms with Crippen LogP contribution < -0.4 is 14.8 Å². The van der Waals surface area contributed by atoms with Crippen molar-refractivity contribution in [3.63, 3.8) is 0 Å². The zero-order valence-electron chi connectivity index (χ0n) is 14.9. The number of ether oxygens (including phenoxy) is 2. The molecule has 0 aromatic heterocycles. The first kappa shape index (κ1) is 19.3. The Hall–Kier alpha value is -3.02. The van der Waals surface area contributed by atoms with Crippen LogP contribution in [0.5, 0.6) is 11.5 Å². The molecule has 2 aromatic rings. The monoisotopic (exact) mass is 357 g/mol. The summed E-state index contributed by atoms with van der Waals surface area (Å²) in [5.74, 6) is 0.132. The van der Waals surface area contributed by atoms with E-state index in [4.69, 9.17) is 14.6 Å². The molecular formula is C20H23NO5. The lowest BCUT2D eigenvalue weighted by Crippen LogP contribution is -2.30. The number of hydrogen-bond donors (Lipinski definition) is 2. The lowest BCUT2D eigenvalue weighted by atomic mass is 10.0. The molecule has 0 fully saturated rings. The molecule has 138 valence electrons. The Bertz CT molecular complexity index is 745. The lowest BCUT2D eigenvalue weighted by Gasteiger charge is -2.19. The van der Waals surface area contributed by atoms with Gasteiger partial charge in [-0.2, -0.15) is 0 Å². The number of benzene rings is 2. The normalized spacial score (nSPS) is 11.5. The first-order chi connectivity index (χ1) is 12.5. The van der Waals surface area contributed by atoms with E-state index in [0.29, 0.717) is 23.5 Å². The maximum Gasteiger partial charge on any atom is 0.303 e. The molecule has 0 saturated heterocycles. The number of carboxylic acid groups (broad SMARTS) is 1. The van der Waals surface area contributed by atoms with E-state index in [1.807, 2.05) is 30.3 Å². The third-order valence-corrected chi connectivity index (χ3v) is 4.02. The molecule has 0 radical (unpaired) electrons. The molecule has 1 amide bonds. The van der Waals surface area contributed by atoms with Gasteiger partial charge in [0.2, 0.25) is 5.91 Å². The van der Waals surface area contributed by atoms with Gasteiger partial charge in [-0.25, -0.2) is 0 Å². The molecule has 1 atom stereocenters. The Balaban J connectivity index is 2.13. The van der Waals surface area contributed by atoms with Crippen LogP contribution in [0.3, 0.4) is 0 Å². The van der Waals surface area contributed by atoms with Crippen molar-refractivity contribution in [1.82, 2.24) is 5.32 Å². The molecule has 0 bridgehead atoms. The molecule has 0 aliphatic carbocycles. The third-order valence-electron chi connectivity index (χ3n) is 4.02. The van der Waals surface area contributed by atoms with E-state index >= 15 is 0 Å².